The molecule has 1 aromatic heterocycles. The van der Waals surface area contributed by atoms with Crippen LogP contribution < -0.4 is 5.43 Å². The van der Waals surface area contributed by atoms with Crippen LogP contribution in [0, 0.1) is 18.3 Å². The molecule has 17 heavy (non-hydrogen) atoms. The fraction of sp³-hybridized carbons (Fsp3) is 0.286. The second-order valence-corrected chi connectivity index (χ2v) is 4.49. The van der Waals surface area contributed by atoms with Gasteiger partial charge < -0.3 is 4.98 Å². The minimum absolute atomic E-state index is 0.179. The number of rotatable bonds is 1. The fourth-order valence-corrected chi connectivity index (χ4v) is 2.07. The molecule has 1 aromatic carbocycles. The van der Waals surface area contributed by atoms with Crippen molar-refractivity contribution in [2.75, 3.05) is 0 Å². The van der Waals surface area contributed by atoms with Crippen molar-refractivity contribution in [3.05, 3.63) is 45.2 Å². The van der Waals surface area contributed by atoms with Gasteiger partial charge in [-0.2, -0.15) is 5.26 Å². The van der Waals surface area contributed by atoms with Gasteiger partial charge in [-0.15, -0.1) is 0 Å². The van der Waals surface area contributed by atoms with E-state index in [1.54, 1.807) is 13.0 Å². The number of nitrogens with zero attached hydrogens (tertiary/aromatic N) is 1. The molecule has 3 heteroatoms. The van der Waals surface area contributed by atoms with E-state index in [4.69, 9.17) is 5.26 Å². The lowest BCUT2D eigenvalue weighted by molar-refractivity contribution is 0.871. The summed E-state index contributed by atoms with van der Waals surface area (Å²) in [6.45, 7) is 5.93. The molecule has 0 fully saturated rings. The van der Waals surface area contributed by atoms with Crippen molar-refractivity contribution in [3.8, 4) is 6.07 Å². The van der Waals surface area contributed by atoms with E-state index in [1.165, 1.54) is 0 Å². The van der Waals surface area contributed by atoms with Crippen molar-refractivity contribution in [3.63, 3.8) is 0 Å². The number of fused-ring (bicyclic) bond motifs is 1. The van der Waals surface area contributed by atoms with Gasteiger partial charge in [-0.05, 0) is 24.5 Å². The van der Waals surface area contributed by atoms with Crippen LogP contribution in [0.15, 0.2) is 23.0 Å². The van der Waals surface area contributed by atoms with Crippen molar-refractivity contribution in [1.29, 1.82) is 5.26 Å². The number of nitrogens with one attached hydrogen (secondary N) is 1. The van der Waals surface area contributed by atoms with Crippen molar-refractivity contribution < 1.29 is 0 Å². The summed E-state index contributed by atoms with van der Waals surface area (Å²) in [5.74, 6) is 0.335. The summed E-state index contributed by atoms with van der Waals surface area (Å²) >= 11 is 0. The SMILES string of the molecule is Cc1[nH]c2c(C(C)C)cccc2c(=O)c1C#N. The van der Waals surface area contributed by atoms with Gasteiger partial charge in [0.2, 0.25) is 5.43 Å². The Kier molecular flexibility index (Phi) is 2.72. The number of aryl methyl sites for hydroxylation is 1. The highest BCUT2D eigenvalue weighted by Crippen LogP contribution is 2.22. The van der Waals surface area contributed by atoms with Gasteiger partial charge in [-0.3, -0.25) is 4.79 Å². The van der Waals surface area contributed by atoms with Crippen LogP contribution in [0.5, 0.6) is 0 Å². The lowest BCUT2D eigenvalue weighted by Gasteiger charge is -2.10. The standard InChI is InChI=1S/C14H14N2O/c1-8(2)10-5-4-6-11-13(10)16-9(3)12(7-15)14(11)17/h4-6,8H,1-3H3,(H,16,17). The van der Waals surface area contributed by atoms with Crippen LogP contribution in [0.2, 0.25) is 0 Å². The van der Waals surface area contributed by atoms with Gasteiger partial charge in [0.25, 0.3) is 0 Å². The van der Waals surface area contributed by atoms with Crippen LogP contribution >= 0.6 is 0 Å². The third kappa shape index (κ3) is 1.72. The Morgan fingerprint density at radius 2 is 2.06 bits per heavy atom. The third-order valence-corrected chi connectivity index (χ3v) is 2.99. The number of hydrogen-bond donors (Lipinski definition) is 1. The second kappa shape index (κ2) is 4.06. The van der Waals surface area contributed by atoms with Gasteiger partial charge in [0, 0.05) is 11.1 Å². The summed E-state index contributed by atoms with van der Waals surface area (Å²) in [4.78, 5) is 15.3. The van der Waals surface area contributed by atoms with Gasteiger partial charge in [0.15, 0.2) is 0 Å². The van der Waals surface area contributed by atoms with Crippen LogP contribution in [0.25, 0.3) is 10.9 Å². The highest BCUT2D eigenvalue weighted by Gasteiger charge is 2.12. The van der Waals surface area contributed by atoms with Crippen molar-refractivity contribution in [1.82, 2.24) is 4.98 Å². The van der Waals surface area contributed by atoms with E-state index in [0.717, 1.165) is 11.1 Å². The van der Waals surface area contributed by atoms with E-state index in [2.05, 4.69) is 18.8 Å². The largest absolute Gasteiger partial charge is 0.357 e. The number of pyridine rings is 1. The molecule has 3 nitrogen and oxygen atoms in total. The summed E-state index contributed by atoms with van der Waals surface area (Å²) in [7, 11) is 0. The molecule has 1 heterocycles. The Hall–Kier alpha value is -2.08. The maximum atomic E-state index is 12.1. The van der Waals surface area contributed by atoms with Crippen LogP contribution in [0.4, 0.5) is 0 Å². The predicted octanol–water partition coefficient (Wildman–Crippen LogP) is 2.83. The molecule has 0 saturated heterocycles. The quantitative estimate of drug-likeness (QED) is 0.812. The molecule has 1 N–H and O–H groups in total. The smallest absolute Gasteiger partial charge is 0.207 e. The molecule has 2 aromatic rings. The molecule has 2 rings (SSSR count). The van der Waals surface area contributed by atoms with Gasteiger partial charge in [-0.25, -0.2) is 0 Å². The molecule has 0 bridgehead atoms. The summed E-state index contributed by atoms with van der Waals surface area (Å²) < 4.78 is 0. The first-order valence-corrected chi connectivity index (χ1v) is 5.62. The minimum atomic E-state index is -0.179. The molecule has 0 spiro atoms. The Balaban J connectivity index is 2.97. The summed E-state index contributed by atoms with van der Waals surface area (Å²) in [6, 6.07) is 7.60. The Bertz CT molecular complexity index is 675. The number of aromatic nitrogens is 1. The number of H-pyrrole nitrogens is 1. The van der Waals surface area contributed by atoms with E-state index < -0.39 is 0 Å². The van der Waals surface area contributed by atoms with Crippen LogP contribution in [0.3, 0.4) is 0 Å². The fourth-order valence-electron chi connectivity index (χ4n) is 2.07. The minimum Gasteiger partial charge on any atom is -0.357 e. The van der Waals surface area contributed by atoms with Crippen molar-refractivity contribution in [2.24, 2.45) is 0 Å². The van der Waals surface area contributed by atoms with Gasteiger partial charge in [0.1, 0.15) is 11.6 Å². The second-order valence-electron chi connectivity index (χ2n) is 4.49. The Morgan fingerprint density at radius 3 is 2.65 bits per heavy atom. The average molecular weight is 226 g/mol. The zero-order valence-electron chi connectivity index (χ0n) is 10.2. The molecule has 0 unspecified atom stereocenters. The summed E-state index contributed by atoms with van der Waals surface area (Å²) in [5.41, 5.74) is 2.62. The molecule has 0 saturated carbocycles. The van der Waals surface area contributed by atoms with E-state index >= 15 is 0 Å². The first-order valence-electron chi connectivity index (χ1n) is 5.62. The highest BCUT2D eigenvalue weighted by atomic mass is 16.1. The number of nitriles is 1. The normalized spacial score (nSPS) is 10.8. The van der Waals surface area contributed by atoms with Gasteiger partial charge in [0.05, 0.1) is 5.52 Å². The molecule has 86 valence electrons. The lowest BCUT2D eigenvalue weighted by atomic mass is 9.98. The number of hydrogen-bond acceptors (Lipinski definition) is 2. The van der Waals surface area contributed by atoms with Crippen molar-refractivity contribution >= 4 is 10.9 Å². The molecule has 0 amide bonds. The zero-order chi connectivity index (χ0) is 12.6. The Morgan fingerprint density at radius 1 is 1.35 bits per heavy atom. The van der Waals surface area contributed by atoms with E-state index in [0.29, 0.717) is 17.0 Å². The van der Waals surface area contributed by atoms with Crippen LogP contribution in [-0.2, 0) is 0 Å². The van der Waals surface area contributed by atoms with Gasteiger partial charge in [-0.1, -0.05) is 26.0 Å². The number of para-hydroxylation sites is 1. The van der Waals surface area contributed by atoms with E-state index in [-0.39, 0.29) is 11.0 Å². The molecule has 0 radical (unpaired) electrons. The first kappa shape index (κ1) is 11.4. The molecule has 0 aliphatic heterocycles. The number of benzene rings is 1. The summed E-state index contributed by atoms with van der Waals surface area (Å²) in [5, 5.41) is 9.56. The number of aromatic amines is 1. The van der Waals surface area contributed by atoms with E-state index in [1.807, 2.05) is 18.2 Å². The Labute approximate surface area is 99.7 Å². The summed E-state index contributed by atoms with van der Waals surface area (Å²) in [6.07, 6.45) is 0. The maximum Gasteiger partial charge on any atom is 0.207 e. The highest BCUT2D eigenvalue weighted by molar-refractivity contribution is 5.83. The molecule has 0 aliphatic carbocycles. The van der Waals surface area contributed by atoms with E-state index in [9.17, 15) is 4.79 Å². The van der Waals surface area contributed by atoms with Gasteiger partial charge >= 0.3 is 0 Å². The molecule has 0 atom stereocenters. The topological polar surface area (TPSA) is 56.6 Å². The third-order valence-electron chi connectivity index (χ3n) is 2.99. The molecular weight excluding hydrogens is 212 g/mol. The zero-order valence-corrected chi connectivity index (χ0v) is 10.2. The van der Waals surface area contributed by atoms with Crippen LogP contribution in [0.1, 0.15) is 36.6 Å². The lowest BCUT2D eigenvalue weighted by Crippen LogP contribution is -2.11. The first-order chi connectivity index (χ1) is 8.06. The predicted molar refractivity (Wildman–Crippen MR) is 68.1 cm³/mol. The molecule has 0 aliphatic rings. The monoisotopic (exact) mass is 226 g/mol. The van der Waals surface area contributed by atoms with Crippen LogP contribution in [-0.4, -0.2) is 4.98 Å². The maximum absolute atomic E-state index is 12.1. The average Bonchev–Trinajstić information content (AvgIpc) is 2.28. The molecular formula is C14H14N2O. The van der Waals surface area contributed by atoms with Crippen molar-refractivity contribution in [2.45, 2.75) is 26.7 Å².